The summed E-state index contributed by atoms with van der Waals surface area (Å²) >= 11 is 0. The Morgan fingerprint density at radius 2 is 1.72 bits per heavy atom. The molecule has 0 unspecified atom stereocenters. The van der Waals surface area contributed by atoms with Gasteiger partial charge in [-0.1, -0.05) is 6.07 Å². The molecular formula is C19H16N2O4. The Hall–Kier alpha value is -3.41. The van der Waals surface area contributed by atoms with E-state index in [0.29, 0.717) is 22.0 Å². The third-order valence-electron chi connectivity index (χ3n) is 4.16. The van der Waals surface area contributed by atoms with Gasteiger partial charge in [0.2, 0.25) is 0 Å². The first-order valence-electron chi connectivity index (χ1n) is 7.61. The lowest BCUT2D eigenvalue weighted by Crippen LogP contribution is -1.90. The molecule has 0 spiro atoms. The Labute approximate surface area is 143 Å². The van der Waals surface area contributed by atoms with Gasteiger partial charge in [-0.25, -0.2) is 0 Å². The number of rotatable bonds is 3. The monoisotopic (exact) mass is 336 g/mol. The number of phenols is 2. The maximum atomic E-state index is 10.9. The number of aromatic hydroxyl groups is 2. The zero-order valence-corrected chi connectivity index (χ0v) is 13.7. The van der Waals surface area contributed by atoms with Gasteiger partial charge in [-0.3, -0.25) is 15.1 Å². The van der Waals surface area contributed by atoms with E-state index >= 15 is 0 Å². The topological polar surface area (TPSA) is 96.0 Å². The van der Waals surface area contributed by atoms with Crippen molar-refractivity contribution in [1.29, 1.82) is 0 Å². The Balaban J connectivity index is 2.11. The highest BCUT2D eigenvalue weighted by molar-refractivity contribution is 6.03. The highest BCUT2D eigenvalue weighted by atomic mass is 16.6. The molecule has 3 rings (SSSR count). The number of nitrogens with zero attached hydrogens (tertiary/aromatic N) is 2. The highest BCUT2D eigenvalue weighted by Gasteiger charge is 2.11. The van der Waals surface area contributed by atoms with Crippen LogP contribution in [0.15, 0.2) is 47.5 Å². The van der Waals surface area contributed by atoms with Crippen molar-refractivity contribution in [2.75, 3.05) is 0 Å². The van der Waals surface area contributed by atoms with Crippen LogP contribution < -0.4 is 0 Å². The molecule has 0 fully saturated rings. The number of aliphatic imine (C=N–C) groups is 1. The summed E-state index contributed by atoms with van der Waals surface area (Å²) in [5.74, 6) is 0.0585. The second kappa shape index (κ2) is 6.24. The second-order valence-corrected chi connectivity index (χ2v) is 5.84. The van der Waals surface area contributed by atoms with Crippen LogP contribution in [0.3, 0.4) is 0 Å². The van der Waals surface area contributed by atoms with Gasteiger partial charge < -0.3 is 10.2 Å². The molecule has 25 heavy (non-hydrogen) atoms. The SMILES string of the molecule is Cc1cc(O)c(N=Cc2c(O)ccc3cc([N+](=O)[O-])ccc23)cc1C. The van der Waals surface area contributed by atoms with Crippen LogP contribution in [0, 0.1) is 24.0 Å². The number of non-ortho nitro benzene ring substituents is 1. The van der Waals surface area contributed by atoms with E-state index in [0.717, 1.165) is 11.1 Å². The lowest BCUT2D eigenvalue weighted by Gasteiger charge is -2.07. The summed E-state index contributed by atoms with van der Waals surface area (Å²) in [6.07, 6.45) is 1.45. The molecule has 0 aliphatic heterocycles. The average Bonchev–Trinajstić information content (AvgIpc) is 2.57. The lowest BCUT2D eigenvalue weighted by molar-refractivity contribution is -0.384. The van der Waals surface area contributed by atoms with E-state index in [1.807, 2.05) is 13.8 Å². The zero-order valence-electron chi connectivity index (χ0n) is 13.7. The van der Waals surface area contributed by atoms with Crippen molar-refractivity contribution < 1.29 is 15.1 Å². The maximum Gasteiger partial charge on any atom is 0.270 e. The van der Waals surface area contributed by atoms with E-state index in [2.05, 4.69) is 4.99 Å². The quantitative estimate of drug-likeness (QED) is 0.417. The Bertz CT molecular complexity index is 1030. The van der Waals surface area contributed by atoms with Crippen molar-refractivity contribution in [3.05, 3.63) is 69.3 Å². The van der Waals surface area contributed by atoms with Gasteiger partial charge in [-0.15, -0.1) is 0 Å². The molecule has 0 heterocycles. The molecule has 0 aromatic heterocycles. The smallest absolute Gasteiger partial charge is 0.270 e. The molecule has 0 saturated carbocycles. The molecule has 0 atom stereocenters. The largest absolute Gasteiger partial charge is 0.507 e. The number of benzene rings is 3. The third-order valence-corrected chi connectivity index (χ3v) is 4.16. The molecular weight excluding hydrogens is 320 g/mol. The van der Waals surface area contributed by atoms with Gasteiger partial charge in [-0.2, -0.15) is 0 Å². The van der Waals surface area contributed by atoms with Gasteiger partial charge in [0.15, 0.2) is 0 Å². The zero-order chi connectivity index (χ0) is 18.1. The van der Waals surface area contributed by atoms with Crippen molar-refractivity contribution in [2.24, 2.45) is 4.99 Å². The first kappa shape index (κ1) is 16.4. The molecule has 6 heteroatoms. The number of phenolic OH excluding ortho intramolecular Hbond substituents is 2. The Kier molecular flexibility index (Phi) is 4.10. The third kappa shape index (κ3) is 3.14. The van der Waals surface area contributed by atoms with Crippen LogP contribution in [-0.2, 0) is 0 Å². The van der Waals surface area contributed by atoms with Crippen molar-refractivity contribution in [2.45, 2.75) is 13.8 Å². The second-order valence-electron chi connectivity index (χ2n) is 5.84. The first-order valence-corrected chi connectivity index (χ1v) is 7.61. The van der Waals surface area contributed by atoms with Gasteiger partial charge in [0.1, 0.15) is 17.2 Å². The van der Waals surface area contributed by atoms with E-state index < -0.39 is 4.92 Å². The fourth-order valence-electron chi connectivity index (χ4n) is 2.60. The van der Waals surface area contributed by atoms with Crippen molar-refractivity contribution in [3.63, 3.8) is 0 Å². The van der Waals surface area contributed by atoms with Crippen LogP contribution in [0.25, 0.3) is 10.8 Å². The molecule has 3 aromatic rings. The van der Waals surface area contributed by atoms with Gasteiger partial charge in [0, 0.05) is 23.9 Å². The molecule has 0 radical (unpaired) electrons. The molecule has 0 bridgehead atoms. The minimum Gasteiger partial charge on any atom is -0.507 e. The highest BCUT2D eigenvalue weighted by Crippen LogP contribution is 2.32. The van der Waals surface area contributed by atoms with E-state index in [4.69, 9.17) is 0 Å². The van der Waals surface area contributed by atoms with E-state index in [-0.39, 0.29) is 17.2 Å². The summed E-state index contributed by atoms with van der Waals surface area (Å²) in [7, 11) is 0. The summed E-state index contributed by atoms with van der Waals surface area (Å²) in [5.41, 5.74) is 2.75. The summed E-state index contributed by atoms with van der Waals surface area (Å²) in [6, 6.07) is 10.9. The average molecular weight is 336 g/mol. The summed E-state index contributed by atoms with van der Waals surface area (Å²) < 4.78 is 0. The number of fused-ring (bicyclic) bond motifs is 1. The van der Waals surface area contributed by atoms with Crippen LogP contribution in [0.2, 0.25) is 0 Å². The fourth-order valence-corrected chi connectivity index (χ4v) is 2.60. The van der Waals surface area contributed by atoms with Gasteiger partial charge in [-0.05, 0) is 60.0 Å². The molecule has 2 N–H and O–H groups in total. The van der Waals surface area contributed by atoms with Crippen LogP contribution in [0.4, 0.5) is 11.4 Å². The molecule has 126 valence electrons. The molecule has 0 amide bonds. The minimum absolute atomic E-state index is 0.00780. The van der Waals surface area contributed by atoms with Crippen LogP contribution in [0.1, 0.15) is 16.7 Å². The number of aryl methyl sites for hydroxylation is 2. The fraction of sp³-hybridized carbons (Fsp3) is 0.105. The van der Waals surface area contributed by atoms with E-state index in [9.17, 15) is 20.3 Å². The van der Waals surface area contributed by atoms with Crippen LogP contribution in [-0.4, -0.2) is 21.4 Å². The van der Waals surface area contributed by atoms with E-state index in [1.54, 1.807) is 24.3 Å². The minimum atomic E-state index is -0.465. The van der Waals surface area contributed by atoms with Crippen LogP contribution in [0.5, 0.6) is 11.5 Å². The van der Waals surface area contributed by atoms with Gasteiger partial charge >= 0.3 is 0 Å². The Morgan fingerprint density at radius 1 is 1.00 bits per heavy atom. The summed E-state index contributed by atoms with van der Waals surface area (Å²) in [5, 5.41) is 32.3. The van der Waals surface area contributed by atoms with Crippen molar-refractivity contribution in [1.82, 2.24) is 0 Å². The predicted molar refractivity (Wildman–Crippen MR) is 97.1 cm³/mol. The number of nitro groups is 1. The Morgan fingerprint density at radius 3 is 2.44 bits per heavy atom. The molecule has 6 nitrogen and oxygen atoms in total. The van der Waals surface area contributed by atoms with Gasteiger partial charge in [0.05, 0.1) is 4.92 Å². The van der Waals surface area contributed by atoms with E-state index in [1.165, 1.54) is 24.4 Å². The summed E-state index contributed by atoms with van der Waals surface area (Å²) in [6.45, 7) is 3.81. The van der Waals surface area contributed by atoms with Crippen molar-refractivity contribution >= 4 is 28.4 Å². The van der Waals surface area contributed by atoms with Gasteiger partial charge in [0.25, 0.3) is 5.69 Å². The number of hydrogen-bond donors (Lipinski definition) is 2. The van der Waals surface area contributed by atoms with Crippen LogP contribution >= 0.6 is 0 Å². The molecule has 3 aromatic carbocycles. The number of hydrogen-bond acceptors (Lipinski definition) is 5. The molecule has 0 saturated heterocycles. The van der Waals surface area contributed by atoms with Crippen molar-refractivity contribution in [3.8, 4) is 11.5 Å². The number of nitro benzene ring substituents is 1. The summed E-state index contributed by atoms with van der Waals surface area (Å²) in [4.78, 5) is 14.7. The molecule has 0 aliphatic carbocycles. The lowest BCUT2D eigenvalue weighted by atomic mass is 10.0. The predicted octanol–water partition coefficient (Wildman–Crippen LogP) is 4.53. The first-order chi connectivity index (χ1) is 11.9. The maximum absolute atomic E-state index is 10.9. The standard InChI is InChI=1S/C19H16N2O4/c1-11-7-17(19(23)8-12(11)2)20-10-16-15-5-4-14(21(24)25)9-13(15)3-6-18(16)22/h3-10,22-23H,1-2H3. The normalized spacial score (nSPS) is 11.3. The molecule has 0 aliphatic rings.